The van der Waals surface area contributed by atoms with E-state index in [1.54, 1.807) is 20.2 Å². The zero-order chi connectivity index (χ0) is 19.9. The average Bonchev–Trinajstić information content (AvgIpc) is 2.67. The summed E-state index contributed by atoms with van der Waals surface area (Å²) in [5.74, 6) is 1.52. The highest BCUT2D eigenvalue weighted by Crippen LogP contribution is 2.28. The molecule has 0 aliphatic rings. The fourth-order valence-corrected chi connectivity index (χ4v) is 2.69. The Labute approximate surface area is 170 Å². The van der Waals surface area contributed by atoms with Crippen molar-refractivity contribution in [3.8, 4) is 11.5 Å². The molecule has 0 fully saturated rings. The van der Waals surface area contributed by atoms with Crippen LogP contribution < -0.4 is 20.5 Å². The number of hydrogen-bond donors (Lipinski definition) is 2. The highest BCUT2D eigenvalue weighted by Gasteiger charge is 2.06. The summed E-state index contributed by atoms with van der Waals surface area (Å²) in [7, 11) is 1.59. The van der Waals surface area contributed by atoms with Gasteiger partial charge in [-0.05, 0) is 48.4 Å². The highest BCUT2D eigenvalue weighted by molar-refractivity contribution is 9.10. The second-order valence-electron chi connectivity index (χ2n) is 5.93. The average molecular weight is 443 g/mol. The molecule has 0 bridgehead atoms. The third-order valence-corrected chi connectivity index (χ3v) is 4.28. The van der Waals surface area contributed by atoms with Gasteiger partial charge >= 0.3 is 0 Å². The molecule has 0 saturated carbocycles. The summed E-state index contributed by atoms with van der Waals surface area (Å²) in [6.07, 6.45) is 1.60. The first-order valence-corrected chi connectivity index (χ1v) is 9.25. The van der Waals surface area contributed by atoms with Gasteiger partial charge in [-0.25, -0.2) is 10.4 Å². The molecule has 0 atom stereocenters. The summed E-state index contributed by atoms with van der Waals surface area (Å²) < 4.78 is 12.3. The number of ether oxygens (including phenoxy) is 2. The summed E-state index contributed by atoms with van der Waals surface area (Å²) in [5, 5.41) is 4.09. The van der Waals surface area contributed by atoms with Crippen molar-refractivity contribution in [1.82, 2.24) is 9.97 Å². The number of anilines is 1. The van der Waals surface area contributed by atoms with E-state index in [2.05, 4.69) is 36.4 Å². The Bertz CT molecular complexity index is 1030. The number of aryl methyl sites for hydroxylation is 1. The van der Waals surface area contributed by atoms with Crippen LogP contribution in [0.15, 0.2) is 62.9 Å². The van der Waals surface area contributed by atoms with Crippen molar-refractivity contribution in [3.05, 3.63) is 80.2 Å². The summed E-state index contributed by atoms with van der Waals surface area (Å²) in [6.45, 7) is 2.17. The molecule has 3 aromatic rings. The summed E-state index contributed by atoms with van der Waals surface area (Å²) in [5.41, 5.74) is 4.93. The van der Waals surface area contributed by atoms with Crippen molar-refractivity contribution in [2.45, 2.75) is 13.5 Å². The molecular weight excluding hydrogens is 424 g/mol. The standard InChI is InChI=1S/C20H19BrN4O3/c1-13-9-19(26)24-20(23-13)25-22-11-15-5-8-17(18(10-15)27-2)28-12-14-3-6-16(21)7-4-14/h3-11H,12H2,1-2H3,(H2,23,24,25,26)/b22-11+. The first-order chi connectivity index (χ1) is 13.5. The van der Waals surface area contributed by atoms with E-state index in [1.165, 1.54) is 6.07 Å². The molecule has 28 heavy (non-hydrogen) atoms. The van der Waals surface area contributed by atoms with Crippen LogP contribution in [0.25, 0.3) is 0 Å². The third-order valence-electron chi connectivity index (χ3n) is 3.75. The second-order valence-corrected chi connectivity index (χ2v) is 6.85. The van der Waals surface area contributed by atoms with Crippen LogP contribution in [0.2, 0.25) is 0 Å². The van der Waals surface area contributed by atoms with Crippen molar-refractivity contribution >= 4 is 28.1 Å². The first-order valence-electron chi connectivity index (χ1n) is 8.46. The molecule has 0 spiro atoms. The van der Waals surface area contributed by atoms with Gasteiger partial charge in [-0.1, -0.05) is 28.1 Å². The van der Waals surface area contributed by atoms with Crippen LogP contribution in [0.1, 0.15) is 16.8 Å². The minimum Gasteiger partial charge on any atom is -0.493 e. The maximum Gasteiger partial charge on any atom is 0.252 e. The number of H-pyrrole nitrogens is 1. The maximum atomic E-state index is 11.4. The Morgan fingerprint density at radius 1 is 1.18 bits per heavy atom. The SMILES string of the molecule is COc1cc(/C=N/Nc2nc(C)cc(=O)[nH]2)ccc1OCc1ccc(Br)cc1. The van der Waals surface area contributed by atoms with E-state index in [4.69, 9.17) is 9.47 Å². The van der Waals surface area contributed by atoms with Crippen molar-refractivity contribution in [2.24, 2.45) is 5.10 Å². The predicted molar refractivity (Wildman–Crippen MR) is 112 cm³/mol. The topological polar surface area (TPSA) is 88.6 Å². The van der Waals surface area contributed by atoms with E-state index in [9.17, 15) is 4.79 Å². The number of halogens is 1. The Balaban J connectivity index is 1.66. The van der Waals surface area contributed by atoms with Gasteiger partial charge in [-0.3, -0.25) is 9.78 Å². The van der Waals surface area contributed by atoms with Crippen LogP contribution in [0, 0.1) is 6.92 Å². The largest absolute Gasteiger partial charge is 0.493 e. The fraction of sp³-hybridized carbons (Fsp3) is 0.150. The monoisotopic (exact) mass is 442 g/mol. The third kappa shape index (κ3) is 5.43. The predicted octanol–water partition coefficient (Wildman–Crippen LogP) is 3.87. The number of hydrogen-bond acceptors (Lipinski definition) is 6. The second kappa shape index (κ2) is 9.18. The highest BCUT2D eigenvalue weighted by atomic mass is 79.9. The number of aromatic amines is 1. The van der Waals surface area contributed by atoms with Crippen molar-refractivity contribution in [1.29, 1.82) is 0 Å². The Morgan fingerprint density at radius 3 is 2.68 bits per heavy atom. The zero-order valence-corrected chi connectivity index (χ0v) is 17.0. The van der Waals surface area contributed by atoms with Gasteiger partial charge in [-0.15, -0.1) is 0 Å². The number of nitrogens with zero attached hydrogens (tertiary/aromatic N) is 2. The zero-order valence-electron chi connectivity index (χ0n) is 15.4. The molecular formula is C20H19BrN4O3. The van der Waals surface area contributed by atoms with Gasteiger partial charge in [0.25, 0.3) is 5.56 Å². The minimum atomic E-state index is -0.237. The molecule has 7 nitrogen and oxygen atoms in total. The Hall–Kier alpha value is -3.13. The molecule has 0 radical (unpaired) electrons. The van der Waals surface area contributed by atoms with Gasteiger partial charge in [0.15, 0.2) is 11.5 Å². The quantitative estimate of drug-likeness (QED) is 0.428. The van der Waals surface area contributed by atoms with Crippen LogP contribution in [0.5, 0.6) is 11.5 Å². The molecule has 0 unspecified atom stereocenters. The van der Waals surface area contributed by atoms with Crippen LogP contribution in [0.4, 0.5) is 5.95 Å². The molecule has 0 aliphatic heterocycles. The van der Waals surface area contributed by atoms with Gasteiger partial charge in [0.1, 0.15) is 6.61 Å². The summed E-state index contributed by atoms with van der Waals surface area (Å²) in [6, 6.07) is 14.8. The normalized spacial score (nSPS) is 10.8. The number of benzene rings is 2. The lowest BCUT2D eigenvalue weighted by Crippen LogP contribution is -2.10. The van der Waals surface area contributed by atoms with Crippen molar-refractivity contribution in [3.63, 3.8) is 0 Å². The minimum absolute atomic E-state index is 0.237. The maximum absolute atomic E-state index is 11.4. The van der Waals surface area contributed by atoms with Crippen LogP contribution >= 0.6 is 15.9 Å². The molecule has 2 N–H and O–H groups in total. The number of rotatable bonds is 7. The Morgan fingerprint density at radius 2 is 1.96 bits per heavy atom. The molecule has 3 rings (SSSR count). The van der Waals surface area contributed by atoms with Gasteiger partial charge in [0.2, 0.25) is 5.95 Å². The van der Waals surface area contributed by atoms with Gasteiger partial charge in [0.05, 0.1) is 13.3 Å². The lowest BCUT2D eigenvalue weighted by Gasteiger charge is -2.11. The van der Waals surface area contributed by atoms with Crippen molar-refractivity contribution < 1.29 is 9.47 Å². The van der Waals surface area contributed by atoms with Gasteiger partial charge < -0.3 is 9.47 Å². The van der Waals surface area contributed by atoms with E-state index in [0.717, 1.165) is 15.6 Å². The molecule has 0 saturated heterocycles. The first kappa shape index (κ1) is 19.6. The molecule has 1 aromatic heterocycles. The van der Waals surface area contributed by atoms with Crippen molar-refractivity contribution in [2.75, 3.05) is 12.5 Å². The van der Waals surface area contributed by atoms with E-state index < -0.39 is 0 Å². The number of nitrogens with one attached hydrogen (secondary N) is 2. The number of hydrazone groups is 1. The van der Waals surface area contributed by atoms with Gasteiger partial charge in [0, 0.05) is 16.2 Å². The van der Waals surface area contributed by atoms with E-state index in [1.807, 2.05) is 42.5 Å². The fourth-order valence-electron chi connectivity index (χ4n) is 2.43. The Kier molecular flexibility index (Phi) is 6.44. The van der Waals surface area contributed by atoms with Gasteiger partial charge in [-0.2, -0.15) is 5.10 Å². The number of methoxy groups -OCH3 is 1. The summed E-state index contributed by atoms with van der Waals surface area (Å²) >= 11 is 3.42. The van der Waals surface area contributed by atoms with Crippen LogP contribution in [-0.4, -0.2) is 23.3 Å². The summed E-state index contributed by atoms with van der Waals surface area (Å²) in [4.78, 5) is 18.1. The molecule has 0 amide bonds. The van der Waals surface area contributed by atoms with E-state index >= 15 is 0 Å². The van der Waals surface area contributed by atoms with E-state index in [0.29, 0.717) is 23.8 Å². The molecule has 144 valence electrons. The molecule has 1 heterocycles. The van der Waals surface area contributed by atoms with Crippen LogP contribution in [0.3, 0.4) is 0 Å². The van der Waals surface area contributed by atoms with Crippen LogP contribution in [-0.2, 0) is 6.61 Å². The molecule has 8 heteroatoms. The molecule has 0 aliphatic carbocycles. The lowest BCUT2D eigenvalue weighted by molar-refractivity contribution is 0.284. The smallest absolute Gasteiger partial charge is 0.252 e. The van der Waals surface area contributed by atoms with E-state index in [-0.39, 0.29) is 11.5 Å². The molecule has 2 aromatic carbocycles. The number of aromatic nitrogens is 2. The lowest BCUT2D eigenvalue weighted by atomic mass is 10.2.